The Morgan fingerprint density at radius 3 is 1.97 bits per heavy atom. The van der Waals surface area contributed by atoms with Gasteiger partial charge >= 0.3 is 0 Å². The summed E-state index contributed by atoms with van der Waals surface area (Å²) in [6.45, 7) is 14.8. The first-order chi connectivity index (χ1) is 15.5. The van der Waals surface area contributed by atoms with Crippen molar-refractivity contribution in [3.63, 3.8) is 0 Å². The molecule has 2 aliphatic rings. The van der Waals surface area contributed by atoms with E-state index < -0.39 is 8.32 Å². The van der Waals surface area contributed by atoms with Crippen LogP contribution in [0.5, 0.6) is 5.75 Å². The fourth-order valence-electron chi connectivity index (χ4n) is 6.52. The predicted molar refractivity (Wildman–Crippen MR) is 140 cm³/mol. The van der Waals surface area contributed by atoms with Crippen molar-refractivity contribution < 1.29 is 14.3 Å². The van der Waals surface area contributed by atoms with Crippen molar-refractivity contribution >= 4 is 37.4 Å². The number of carbonyl (C=O) groups is 1. The Labute approximate surface area is 211 Å². The molecule has 33 heavy (non-hydrogen) atoms. The molecule has 1 N–H and O–H groups in total. The number of amides is 1. The summed E-state index contributed by atoms with van der Waals surface area (Å²) in [7, 11) is -1.87. The van der Waals surface area contributed by atoms with E-state index in [9.17, 15) is 9.90 Å². The number of benzene rings is 1. The number of halogens is 2. The van der Waals surface area contributed by atoms with Gasteiger partial charge in [-0.25, -0.2) is 0 Å². The lowest BCUT2D eigenvalue weighted by Crippen LogP contribution is -2.51. The lowest BCUT2D eigenvalue weighted by Gasteiger charge is -2.46. The first-order valence-corrected chi connectivity index (χ1v) is 15.5. The second-order valence-electron chi connectivity index (χ2n) is 11.0. The highest BCUT2D eigenvalue weighted by Crippen LogP contribution is 2.45. The standard InChI is InChI=1S/C26H41Cl2NO3Si/c1-16(2)33(17(3)4,18(5)6)32-22-9-7-20(8-10-22)29-12-11-19(26(29)31)13-23-24(27)14-21(30)15-25(23)28/h14-20,22,30H,7-13H2,1-6H3/t19-,20?,22?/m1/s1. The summed E-state index contributed by atoms with van der Waals surface area (Å²) < 4.78 is 7.02. The smallest absolute Gasteiger partial charge is 0.226 e. The summed E-state index contributed by atoms with van der Waals surface area (Å²) >= 11 is 12.6. The van der Waals surface area contributed by atoms with Gasteiger partial charge in [0.1, 0.15) is 5.75 Å². The lowest BCUT2D eigenvalue weighted by molar-refractivity contribution is -0.133. The average Bonchev–Trinajstić information content (AvgIpc) is 3.08. The van der Waals surface area contributed by atoms with Crippen LogP contribution in [0, 0.1) is 5.92 Å². The van der Waals surface area contributed by atoms with Crippen LogP contribution in [0.3, 0.4) is 0 Å². The average molecular weight is 515 g/mol. The Morgan fingerprint density at radius 2 is 1.48 bits per heavy atom. The third-order valence-electron chi connectivity index (χ3n) is 8.09. The maximum absolute atomic E-state index is 13.2. The van der Waals surface area contributed by atoms with Gasteiger partial charge < -0.3 is 14.4 Å². The summed E-state index contributed by atoms with van der Waals surface area (Å²) in [5.41, 5.74) is 2.53. The number of phenols is 1. The largest absolute Gasteiger partial charge is 0.508 e. The second kappa shape index (κ2) is 10.9. The van der Waals surface area contributed by atoms with Crippen LogP contribution in [0.2, 0.25) is 26.7 Å². The molecule has 3 rings (SSSR count). The minimum Gasteiger partial charge on any atom is -0.508 e. The Balaban J connectivity index is 1.60. The van der Waals surface area contributed by atoms with Gasteiger partial charge in [0.2, 0.25) is 14.2 Å². The molecule has 4 nitrogen and oxygen atoms in total. The van der Waals surface area contributed by atoms with Gasteiger partial charge in [-0.3, -0.25) is 4.79 Å². The molecule has 1 saturated heterocycles. The number of hydrogen-bond acceptors (Lipinski definition) is 3. The van der Waals surface area contributed by atoms with Crippen molar-refractivity contribution in [1.29, 1.82) is 0 Å². The Morgan fingerprint density at radius 1 is 0.970 bits per heavy atom. The maximum atomic E-state index is 13.2. The molecule has 0 aromatic heterocycles. The van der Waals surface area contributed by atoms with Crippen molar-refractivity contribution in [3.8, 4) is 5.75 Å². The van der Waals surface area contributed by atoms with Gasteiger partial charge in [0.25, 0.3) is 0 Å². The number of aromatic hydroxyl groups is 1. The van der Waals surface area contributed by atoms with Gasteiger partial charge in [-0.2, -0.15) is 0 Å². The quantitative estimate of drug-likeness (QED) is 0.364. The van der Waals surface area contributed by atoms with Crippen LogP contribution in [0.15, 0.2) is 12.1 Å². The van der Waals surface area contributed by atoms with Crippen LogP contribution in [0.25, 0.3) is 0 Å². The van der Waals surface area contributed by atoms with E-state index in [1.54, 1.807) is 0 Å². The highest BCUT2D eigenvalue weighted by Gasteiger charge is 2.47. The topological polar surface area (TPSA) is 49.8 Å². The number of rotatable bonds is 8. The van der Waals surface area contributed by atoms with E-state index in [1.807, 2.05) is 0 Å². The van der Waals surface area contributed by atoms with Crippen LogP contribution in [0.4, 0.5) is 0 Å². The summed E-state index contributed by atoms with van der Waals surface area (Å²) in [6, 6.07) is 3.30. The lowest BCUT2D eigenvalue weighted by atomic mass is 9.92. The van der Waals surface area contributed by atoms with Crippen molar-refractivity contribution in [2.75, 3.05) is 6.54 Å². The van der Waals surface area contributed by atoms with Crippen molar-refractivity contribution in [2.24, 2.45) is 5.92 Å². The van der Waals surface area contributed by atoms with E-state index in [0.717, 1.165) is 44.2 Å². The normalized spacial score (nSPS) is 24.5. The van der Waals surface area contributed by atoms with E-state index >= 15 is 0 Å². The van der Waals surface area contributed by atoms with Crippen molar-refractivity contribution in [2.45, 2.75) is 109 Å². The summed E-state index contributed by atoms with van der Waals surface area (Å²) in [5, 5.41) is 10.5. The first kappa shape index (κ1) is 26.8. The monoisotopic (exact) mass is 513 g/mol. The molecule has 1 aromatic rings. The summed E-state index contributed by atoms with van der Waals surface area (Å²) in [5.74, 6) is 0.169. The van der Waals surface area contributed by atoms with Gasteiger partial charge in [-0.1, -0.05) is 64.7 Å². The van der Waals surface area contributed by atoms with Crippen LogP contribution >= 0.6 is 23.2 Å². The fraction of sp³-hybridized carbons (Fsp3) is 0.731. The SMILES string of the molecule is CC(C)[Si](OC1CCC(N2CC[C@H](Cc3c(Cl)cc(O)cc3Cl)C2=O)CC1)(C(C)C)C(C)C. The second-order valence-corrected chi connectivity index (χ2v) is 17.2. The summed E-state index contributed by atoms with van der Waals surface area (Å²) in [6.07, 6.45) is 5.78. The molecule has 1 aliphatic carbocycles. The zero-order valence-corrected chi connectivity index (χ0v) is 23.5. The highest BCUT2D eigenvalue weighted by atomic mass is 35.5. The van der Waals surface area contributed by atoms with E-state index in [1.165, 1.54) is 12.1 Å². The van der Waals surface area contributed by atoms with E-state index in [2.05, 4.69) is 46.4 Å². The van der Waals surface area contributed by atoms with Gasteiger partial charge in [0.15, 0.2) is 0 Å². The van der Waals surface area contributed by atoms with E-state index in [4.69, 9.17) is 27.6 Å². The van der Waals surface area contributed by atoms with Crippen molar-refractivity contribution in [3.05, 3.63) is 27.7 Å². The molecule has 7 heteroatoms. The molecule has 0 spiro atoms. The molecular weight excluding hydrogens is 473 g/mol. The van der Waals surface area contributed by atoms with Gasteiger partial charge in [0.05, 0.1) is 0 Å². The molecule has 0 radical (unpaired) electrons. The third-order valence-corrected chi connectivity index (χ3v) is 14.9. The zero-order valence-electron chi connectivity index (χ0n) is 21.0. The van der Waals surface area contributed by atoms with Crippen LogP contribution in [-0.4, -0.2) is 42.9 Å². The molecule has 0 bridgehead atoms. The zero-order chi connectivity index (χ0) is 24.5. The number of nitrogens with zero attached hydrogens (tertiary/aromatic N) is 1. The predicted octanol–water partition coefficient (Wildman–Crippen LogP) is 7.59. The van der Waals surface area contributed by atoms with Crippen LogP contribution in [0.1, 0.15) is 79.2 Å². The summed E-state index contributed by atoms with van der Waals surface area (Å²) in [4.78, 5) is 15.3. The fourth-order valence-corrected chi connectivity index (χ4v) is 12.8. The Bertz CT molecular complexity index is 792. The third kappa shape index (κ3) is 5.57. The molecule has 1 heterocycles. The first-order valence-electron chi connectivity index (χ1n) is 12.6. The van der Waals surface area contributed by atoms with Gasteiger partial charge in [-0.15, -0.1) is 0 Å². The maximum Gasteiger partial charge on any atom is 0.226 e. The minimum atomic E-state index is -1.87. The molecule has 1 atom stereocenters. The molecule has 1 saturated carbocycles. The number of carbonyl (C=O) groups excluding carboxylic acids is 1. The molecule has 2 fully saturated rings. The number of phenolic OH excluding ortho intramolecular Hbond substituents is 1. The van der Waals surface area contributed by atoms with E-state index in [-0.39, 0.29) is 17.6 Å². The Kier molecular flexibility index (Phi) is 8.85. The molecule has 1 amide bonds. The number of hydrogen-bond donors (Lipinski definition) is 1. The van der Waals surface area contributed by atoms with Gasteiger partial charge in [0, 0.05) is 34.7 Å². The molecule has 1 aliphatic heterocycles. The molecule has 186 valence electrons. The number of likely N-dealkylation sites (tertiary alicyclic amines) is 1. The van der Waals surface area contributed by atoms with Crippen LogP contribution in [-0.2, 0) is 15.6 Å². The molecule has 0 unspecified atom stereocenters. The highest BCUT2D eigenvalue weighted by molar-refractivity contribution is 6.77. The van der Waals surface area contributed by atoms with Gasteiger partial charge in [-0.05, 0) is 72.8 Å². The molecule has 1 aromatic carbocycles. The minimum absolute atomic E-state index is 0.0478. The Hall–Kier alpha value is -0.753. The molecular formula is C26H41Cl2NO3Si. The van der Waals surface area contributed by atoms with Crippen LogP contribution < -0.4 is 0 Å². The van der Waals surface area contributed by atoms with E-state index in [0.29, 0.717) is 45.2 Å². The van der Waals surface area contributed by atoms with Crippen molar-refractivity contribution in [1.82, 2.24) is 4.90 Å².